The highest BCUT2D eigenvalue weighted by Gasteiger charge is 2.35. The van der Waals surface area contributed by atoms with Crippen molar-refractivity contribution in [2.24, 2.45) is 5.41 Å². The third-order valence-electron chi connectivity index (χ3n) is 2.85. The Bertz CT molecular complexity index is 289. The Balaban J connectivity index is 2.20. The molecule has 14 heavy (non-hydrogen) atoms. The number of nitrogens with zero attached hydrogens (tertiary/aromatic N) is 3. The molecule has 1 aliphatic heterocycles. The summed E-state index contributed by atoms with van der Waals surface area (Å²) in [5.41, 5.74) is 2.15. The predicted molar refractivity (Wildman–Crippen MR) is 59.7 cm³/mol. The fraction of sp³-hybridized carbons (Fsp3) is 0.800. The maximum atomic E-state index is 4.16. The van der Waals surface area contributed by atoms with E-state index in [1.807, 2.05) is 5.51 Å². The van der Waals surface area contributed by atoms with Crippen molar-refractivity contribution in [3.05, 3.63) is 5.51 Å². The van der Waals surface area contributed by atoms with Crippen LogP contribution in [0.3, 0.4) is 0 Å². The molecule has 0 spiro atoms. The molecular formula is C10H17N3S. The third-order valence-corrected chi connectivity index (χ3v) is 3.57. The Labute approximate surface area is 89.2 Å². The molecule has 0 amide bonds. The van der Waals surface area contributed by atoms with E-state index in [4.69, 9.17) is 0 Å². The average Bonchev–Trinajstić information content (AvgIpc) is 2.73. The summed E-state index contributed by atoms with van der Waals surface area (Å²) in [5, 5.41) is 9.15. The van der Waals surface area contributed by atoms with Crippen LogP contribution in [-0.2, 0) is 0 Å². The van der Waals surface area contributed by atoms with Gasteiger partial charge in [0.2, 0.25) is 5.13 Å². The van der Waals surface area contributed by atoms with E-state index in [2.05, 4.69) is 35.9 Å². The average molecular weight is 211 g/mol. The van der Waals surface area contributed by atoms with Gasteiger partial charge in [-0.3, -0.25) is 0 Å². The van der Waals surface area contributed by atoms with Crippen LogP contribution in [0.15, 0.2) is 5.51 Å². The van der Waals surface area contributed by atoms with Crippen molar-refractivity contribution >= 4 is 16.5 Å². The molecule has 1 atom stereocenters. The lowest BCUT2D eigenvalue weighted by Gasteiger charge is -2.34. The van der Waals surface area contributed by atoms with Gasteiger partial charge in [0.1, 0.15) is 5.51 Å². The zero-order chi connectivity index (χ0) is 10.2. The van der Waals surface area contributed by atoms with Crippen LogP contribution in [0, 0.1) is 5.41 Å². The van der Waals surface area contributed by atoms with Crippen molar-refractivity contribution in [3.63, 3.8) is 0 Å². The molecule has 4 heteroatoms. The SMILES string of the molecule is CC(C)(C)C1CCCN1c1nncs1. The first-order valence-electron chi connectivity index (χ1n) is 5.12. The summed E-state index contributed by atoms with van der Waals surface area (Å²) in [6.45, 7) is 8.04. The molecule has 0 N–H and O–H groups in total. The van der Waals surface area contributed by atoms with Gasteiger partial charge in [-0.2, -0.15) is 0 Å². The Morgan fingerprint density at radius 3 is 2.86 bits per heavy atom. The fourth-order valence-electron chi connectivity index (χ4n) is 2.19. The summed E-state index contributed by atoms with van der Waals surface area (Å²) in [7, 11) is 0. The maximum absolute atomic E-state index is 4.16. The molecule has 1 aliphatic rings. The molecule has 0 aliphatic carbocycles. The Morgan fingerprint density at radius 2 is 2.29 bits per heavy atom. The number of hydrogen-bond donors (Lipinski definition) is 0. The highest BCUT2D eigenvalue weighted by atomic mass is 32.1. The Kier molecular flexibility index (Phi) is 2.47. The van der Waals surface area contributed by atoms with E-state index in [0.717, 1.165) is 11.7 Å². The zero-order valence-corrected chi connectivity index (χ0v) is 9.84. The second kappa shape index (κ2) is 3.50. The van der Waals surface area contributed by atoms with Gasteiger partial charge < -0.3 is 4.90 Å². The molecule has 78 valence electrons. The van der Waals surface area contributed by atoms with Crippen LogP contribution in [0.2, 0.25) is 0 Å². The van der Waals surface area contributed by atoms with Gasteiger partial charge in [0, 0.05) is 12.6 Å². The molecule has 0 saturated carbocycles. The lowest BCUT2D eigenvalue weighted by atomic mass is 9.85. The molecule has 0 aromatic carbocycles. The summed E-state index contributed by atoms with van der Waals surface area (Å²) >= 11 is 1.64. The topological polar surface area (TPSA) is 29.0 Å². The number of hydrogen-bond acceptors (Lipinski definition) is 4. The normalized spacial score (nSPS) is 23.1. The molecule has 0 bridgehead atoms. The van der Waals surface area contributed by atoms with Crippen molar-refractivity contribution in [1.82, 2.24) is 10.2 Å². The maximum Gasteiger partial charge on any atom is 0.208 e. The molecule has 1 unspecified atom stereocenters. The first-order chi connectivity index (χ1) is 6.59. The Hall–Kier alpha value is -0.640. The lowest BCUT2D eigenvalue weighted by molar-refractivity contribution is 0.320. The van der Waals surface area contributed by atoms with Gasteiger partial charge in [-0.15, -0.1) is 10.2 Å². The van der Waals surface area contributed by atoms with Crippen LogP contribution in [0.5, 0.6) is 0 Å². The second-order valence-corrected chi connectivity index (χ2v) is 5.75. The van der Waals surface area contributed by atoms with Gasteiger partial charge in [0.15, 0.2) is 0 Å². The first-order valence-corrected chi connectivity index (χ1v) is 6.00. The molecule has 2 heterocycles. The van der Waals surface area contributed by atoms with Gasteiger partial charge in [-0.1, -0.05) is 32.1 Å². The molecule has 3 nitrogen and oxygen atoms in total. The van der Waals surface area contributed by atoms with Gasteiger partial charge in [0.05, 0.1) is 0 Å². The lowest BCUT2D eigenvalue weighted by Crippen LogP contribution is -2.39. The van der Waals surface area contributed by atoms with E-state index in [9.17, 15) is 0 Å². The van der Waals surface area contributed by atoms with Crippen LogP contribution >= 0.6 is 11.3 Å². The number of rotatable bonds is 1. The van der Waals surface area contributed by atoms with E-state index >= 15 is 0 Å². The number of anilines is 1. The monoisotopic (exact) mass is 211 g/mol. The van der Waals surface area contributed by atoms with E-state index in [0.29, 0.717) is 11.5 Å². The van der Waals surface area contributed by atoms with Crippen LogP contribution < -0.4 is 4.90 Å². The minimum atomic E-state index is 0.335. The highest BCUT2D eigenvalue weighted by Crippen LogP contribution is 2.36. The third kappa shape index (κ3) is 1.75. The molecule has 1 saturated heterocycles. The second-order valence-electron chi connectivity index (χ2n) is 4.94. The highest BCUT2D eigenvalue weighted by molar-refractivity contribution is 7.13. The van der Waals surface area contributed by atoms with E-state index in [-0.39, 0.29) is 0 Å². The number of aromatic nitrogens is 2. The molecular weight excluding hydrogens is 194 g/mol. The van der Waals surface area contributed by atoms with E-state index in [1.54, 1.807) is 11.3 Å². The van der Waals surface area contributed by atoms with Gasteiger partial charge >= 0.3 is 0 Å². The molecule has 2 rings (SSSR count). The van der Waals surface area contributed by atoms with Gasteiger partial charge in [0.25, 0.3) is 0 Å². The van der Waals surface area contributed by atoms with Crippen LogP contribution in [-0.4, -0.2) is 22.8 Å². The van der Waals surface area contributed by atoms with Crippen molar-refractivity contribution in [2.45, 2.75) is 39.7 Å². The standard InChI is InChI=1S/C10H17N3S/c1-10(2,3)8-5-4-6-13(8)9-12-11-7-14-9/h7-8H,4-6H2,1-3H3. The minimum Gasteiger partial charge on any atom is -0.343 e. The zero-order valence-electron chi connectivity index (χ0n) is 9.03. The largest absolute Gasteiger partial charge is 0.343 e. The molecule has 1 fully saturated rings. The Morgan fingerprint density at radius 1 is 1.50 bits per heavy atom. The summed E-state index contributed by atoms with van der Waals surface area (Å²) < 4.78 is 0. The molecule has 1 aromatic rings. The summed E-state index contributed by atoms with van der Waals surface area (Å²) in [5.74, 6) is 0. The van der Waals surface area contributed by atoms with Gasteiger partial charge in [-0.25, -0.2) is 0 Å². The van der Waals surface area contributed by atoms with Crippen molar-refractivity contribution in [3.8, 4) is 0 Å². The van der Waals surface area contributed by atoms with Crippen LogP contribution in [0.4, 0.5) is 5.13 Å². The predicted octanol–water partition coefficient (Wildman–Crippen LogP) is 2.55. The quantitative estimate of drug-likeness (QED) is 0.715. The van der Waals surface area contributed by atoms with Crippen LogP contribution in [0.1, 0.15) is 33.6 Å². The summed E-state index contributed by atoms with van der Waals surface area (Å²) in [6.07, 6.45) is 2.56. The summed E-state index contributed by atoms with van der Waals surface area (Å²) in [4.78, 5) is 2.41. The molecule has 1 aromatic heterocycles. The van der Waals surface area contributed by atoms with Crippen molar-refractivity contribution in [2.75, 3.05) is 11.4 Å². The van der Waals surface area contributed by atoms with Gasteiger partial charge in [-0.05, 0) is 18.3 Å². The fourth-order valence-corrected chi connectivity index (χ4v) is 2.83. The van der Waals surface area contributed by atoms with Crippen molar-refractivity contribution < 1.29 is 0 Å². The van der Waals surface area contributed by atoms with E-state index in [1.165, 1.54) is 12.8 Å². The molecule has 0 radical (unpaired) electrons. The first kappa shape index (κ1) is 9.90. The summed E-state index contributed by atoms with van der Waals surface area (Å²) in [6, 6.07) is 0.621. The van der Waals surface area contributed by atoms with E-state index < -0.39 is 0 Å². The van der Waals surface area contributed by atoms with Crippen molar-refractivity contribution in [1.29, 1.82) is 0 Å². The minimum absolute atomic E-state index is 0.335. The smallest absolute Gasteiger partial charge is 0.208 e. The van der Waals surface area contributed by atoms with Crippen LogP contribution in [0.25, 0.3) is 0 Å².